The van der Waals surface area contributed by atoms with Crippen LogP contribution in [-0.4, -0.2) is 24.5 Å². The predicted molar refractivity (Wildman–Crippen MR) is 80.1 cm³/mol. The Morgan fingerprint density at radius 1 is 1.55 bits per heavy atom. The summed E-state index contributed by atoms with van der Waals surface area (Å²) in [6, 6.07) is 1.34. The molecule has 2 aromatic heterocycles. The van der Waals surface area contributed by atoms with E-state index in [0.29, 0.717) is 13.8 Å². The van der Waals surface area contributed by atoms with Crippen molar-refractivity contribution in [2.45, 2.75) is 10.8 Å². The molecule has 0 atom stereocenters. The number of aromatic nitrogens is 1. The zero-order valence-corrected chi connectivity index (χ0v) is 14.3. The van der Waals surface area contributed by atoms with Gasteiger partial charge in [0.15, 0.2) is 5.69 Å². The maximum absolute atomic E-state index is 12.0. The molecule has 0 radical (unpaired) electrons. The van der Waals surface area contributed by atoms with E-state index in [0.717, 1.165) is 22.7 Å². The Morgan fingerprint density at radius 3 is 2.75 bits per heavy atom. The number of halogens is 2. The lowest BCUT2D eigenvalue weighted by Gasteiger charge is -2.01. The lowest BCUT2D eigenvalue weighted by atomic mass is 10.5. The zero-order valence-electron chi connectivity index (χ0n) is 9.46. The molecular weight excluding hydrogens is 412 g/mol. The third-order valence-corrected chi connectivity index (χ3v) is 7.27. The second kappa shape index (κ2) is 6.08. The molecule has 0 saturated heterocycles. The van der Waals surface area contributed by atoms with E-state index in [4.69, 9.17) is 16.7 Å². The Balaban J connectivity index is 2.10. The molecule has 2 rings (SSSR count). The maximum Gasteiger partial charge on any atom is 0.355 e. The molecule has 0 aliphatic heterocycles. The van der Waals surface area contributed by atoms with Crippen LogP contribution in [0.2, 0.25) is 5.02 Å². The number of hydrogen-bond acceptors (Lipinski definition) is 6. The minimum absolute atomic E-state index is 0.0735. The summed E-state index contributed by atoms with van der Waals surface area (Å²) in [5, 5.41) is 10.8. The van der Waals surface area contributed by atoms with Crippen molar-refractivity contribution in [3.8, 4) is 0 Å². The van der Waals surface area contributed by atoms with Crippen LogP contribution < -0.4 is 4.72 Å². The number of hydrogen-bond donors (Lipinski definition) is 2. The van der Waals surface area contributed by atoms with Gasteiger partial charge in [-0.15, -0.1) is 22.7 Å². The minimum Gasteiger partial charge on any atom is -0.476 e. The summed E-state index contributed by atoms with van der Waals surface area (Å²) in [4.78, 5) is 14.5. The molecular formula is C9H6BrClN2O4S3. The van der Waals surface area contributed by atoms with Crippen LogP contribution in [0.25, 0.3) is 0 Å². The number of aromatic carboxylic acids is 1. The smallest absolute Gasteiger partial charge is 0.355 e. The molecule has 0 aromatic carbocycles. The maximum atomic E-state index is 12.0. The van der Waals surface area contributed by atoms with E-state index in [-0.39, 0.29) is 16.4 Å². The van der Waals surface area contributed by atoms with Gasteiger partial charge in [-0.05, 0) is 22.0 Å². The van der Waals surface area contributed by atoms with Crippen LogP contribution >= 0.6 is 50.2 Å². The first kappa shape index (κ1) is 15.9. The van der Waals surface area contributed by atoms with Gasteiger partial charge in [-0.25, -0.2) is 22.9 Å². The van der Waals surface area contributed by atoms with E-state index in [9.17, 15) is 13.2 Å². The molecule has 0 spiro atoms. The quantitative estimate of drug-likeness (QED) is 0.780. The van der Waals surface area contributed by atoms with E-state index in [2.05, 4.69) is 25.6 Å². The van der Waals surface area contributed by atoms with Crippen molar-refractivity contribution in [3.05, 3.63) is 31.0 Å². The Morgan fingerprint density at radius 2 is 2.25 bits per heavy atom. The number of thiazole rings is 1. The molecule has 0 fully saturated rings. The summed E-state index contributed by atoms with van der Waals surface area (Å²) in [6.07, 6.45) is 0. The fourth-order valence-corrected chi connectivity index (χ4v) is 5.41. The minimum atomic E-state index is -3.70. The number of carbonyl (C=O) groups is 1. The highest BCUT2D eigenvalue weighted by Crippen LogP contribution is 2.34. The van der Waals surface area contributed by atoms with Gasteiger partial charge in [0.1, 0.15) is 9.22 Å². The van der Waals surface area contributed by atoms with Crippen molar-refractivity contribution in [2.24, 2.45) is 0 Å². The number of carboxylic acid groups (broad SMARTS) is 1. The van der Waals surface area contributed by atoms with Gasteiger partial charge < -0.3 is 5.11 Å². The molecule has 0 aliphatic rings. The van der Waals surface area contributed by atoms with Gasteiger partial charge in [0, 0.05) is 5.38 Å². The third kappa shape index (κ3) is 3.57. The van der Waals surface area contributed by atoms with Crippen LogP contribution in [0.1, 0.15) is 15.5 Å². The largest absolute Gasteiger partial charge is 0.476 e. The molecule has 0 unspecified atom stereocenters. The second-order valence-corrected chi connectivity index (χ2v) is 9.16. The number of nitrogens with one attached hydrogen (secondary N) is 1. The lowest BCUT2D eigenvalue weighted by Crippen LogP contribution is -2.22. The lowest BCUT2D eigenvalue weighted by molar-refractivity contribution is 0.0691. The van der Waals surface area contributed by atoms with Crippen LogP contribution in [-0.2, 0) is 16.6 Å². The molecule has 2 aromatic rings. The fraction of sp³-hybridized carbons (Fsp3) is 0.111. The molecule has 0 bridgehead atoms. The Bertz CT molecular complexity index is 736. The normalized spacial score (nSPS) is 11.7. The molecule has 11 heteroatoms. The molecule has 108 valence electrons. The Hall–Kier alpha value is -0.520. The first-order chi connectivity index (χ1) is 9.29. The summed E-state index contributed by atoms with van der Waals surface area (Å²) < 4.78 is 26.9. The Kier molecular flexibility index (Phi) is 4.82. The highest BCUT2D eigenvalue weighted by atomic mass is 79.9. The first-order valence-electron chi connectivity index (χ1n) is 4.92. The Labute approximate surface area is 135 Å². The van der Waals surface area contributed by atoms with Gasteiger partial charge in [-0.1, -0.05) is 11.6 Å². The van der Waals surface area contributed by atoms with Gasteiger partial charge in [-0.3, -0.25) is 0 Å². The van der Waals surface area contributed by atoms with Gasteiger partial charge in [-0.2, -0.15) is 0 Å². The SMILES string of the molecule is O=C(O)c1csc(CNS(=O)(=O)c2cc(Cl)c(Br)s2)n1. The van der Waals surface area contributed by atoms with E-state index in [1.54, 1.807) is 0 Å². The molecule has 0 amide bonds. The van der Waals surface area contributed by atoms with Crippen molar-refractivity contribution in [1.82, 2.24) is 9.71 Å². The molecule has 2 N–H and O–H groups in total. The number of nitrogens with zero attached hydrogens (tertiary/aromatic N) is 1. The van der Waals surface area contributed by atoms with Gasteiger partial charge in [0.05, 0.1) is 15.4 Å². The molecule has 0 aliphatic carbocycles. The van der Waals surface area contributed by atoms with E-state index in [1.165, 1.54) is 11.4 Å². The van der Waals surface area contributed by atoms with Crippen molar-refractivity contribution < 1.29 is 18.3 Å². The predicted octanol–water partition coefficient (Wildman–Crippen LogP) is 2.80. The first-order valence-corrected chi connectivity index (χ1v) is 9.27. The molecule has 6 nitrogen and oxygen atoms in total. The summed E-state index contributed by atoms with van der Waals surface area (Å²) in [7, 11) is -3.70. The van der Waals surface area contributed by atoms with Crippen molar-refractivity contribution in [1.29, 1.82) is 0 Å². The molecule has 0 saturated carbocycles. The highest BCUT2D eigenvalue weighted by molar-refractivity contribution is 9.11. The standard InChI is InChI=1S/C9H6BrClN2O4S3/c10-8-4(11)1-7(19-8)20(16,17)12-2-6-13-5(3-18-6)9(14)15/h1,3,12H,2H2,(H,14,15). The highest BCUT2D eigenvalue weighted by Gasteiger charge is 2.19. The van der Waals surface area contributed by atoms with Crippen LogP contribution in [0.3, 0.4) is 0 Å². The van der Waals surface area contributed by atoms with Crippen LogP contribution in [0.5, 0.6) is 0 Å². The fourth-order valence-electron chi connectivity index (χ4n) is 1.18. The summed E-state index contributed by atoms with van der Waals surface area (Å²) in [5.41, 5.74) is -0.105. The van der Waals surface area contributed by atoms with Gasteiger partial charge in [0.2, 0.25) is 0 Å². The van der Waals surface area contributed by atoms with Crippen molar-refractivity contribution in [2.75, 3.05) is 0 Å². The number of thiophene rings is 1. The van der Waals surface area contributed by atoms with E-state index < -0.39 is 16.0 Å². The van der Waals surface area contributed by atoms with Gasteiger partial charge in [0.25, 0.3) is 10.0 Å². The second-order valence-electron chi connectivity index (χ2n) is 3.44. The monoisotopic (exact) mass is 416 g/mol. The summed E-state index contributed by atoms with van der Waals surface area (Å²) in [6.45, 7) is -0.0760. The van der Waals surface area contributed by atoms with Crippen molar-refractivity contribution in [3.63, 3.8) is 0 Å². The third-order valence-electron chi connectivity index (χ3n) is 2.07. The van der Waals surface area contributed by atoms with E-state index in [1.807, 2.05) is 0 Å². The summed E-state index contributed by atoms with van der Waals surface area (Å²) >= 11 is 11.0. The topological polar surface area (TPSA) is 96.4 Å². The number of sulfonamides is 1. The molecule has 2 heterocycles. The average molecular weight is 418 g/mol. The van der Waals surface area contributed by atoms with Crippen LogP contribution in [0.4, 0.5) is 0 Å². The van der Waals surface area contributed by atoms with Crippen LogP contribution in [0, 0.1) is 0 Å². The number of carboxylic acids is 1. The average Bonchev–Trinajstić information content (AvgIpc) is 2.95. The van der Waals surface area contributed by atoms with E-state index >= 15 is 0 Å². The zero-order chi connectivity index (χ0) is 14.9. The molecule has 20 heavy (non-hydrogen) atoms. The van der Waals surface area contributed by atoms with Crippen LogP contribution in [0.15, 0.2) is 19.4 Å². The number of rotatable bonds is 5. The van der Waals surface area contributed by atoms with Crippen molar-refractivity contribution >= 4 is 66.2 Å². The van der Waals surface area contributed by atoms with Gasteiger partial charge >= 0.3 is 5.97 Å². The summed E-state index contributed by atoms with van der Waals surface area (Å²) in [5.74, 6) is -1.15.